The van der Waals surface area contributed by atoms with Gasteiger partial charge in [-0.3, -0.25) is 10.1 Å². The van der Waals surface area contributed by atoms with E-state index in [1.54, 1.807) is 0 Å². The molecular formula is C27H32N2O4. The van der Waals surface area contributed by atoms with Gasteiger partial charge < -0.3 is 19.9 Å². The minimum Gasteiger partial charge on any atom is -0.480 e. The summed E-state index contributed by atoms with van der Waals surface area (Å²) in [4.78, 5) is 10.4. The van der Waals surface area contributed by atoms with Crippen molar-refractivity contribution in [1.82, 2.24) is 10.6 Å². The zero-order chi connectivity index (χ0) is 23.2. The molecule has 3 aromatic rings. The number of benzene rings is 3. The van der Waals surface area contributed by atoms with Crippen molar-refractivity contribution in [1.29, 1.82) is 0 Å². The van der Waals surface area contributed by atoms with Crippen LogP contribution in [0.1, 0.15) is 16.7 Å². The fourth-order valence-electron chi connectivity index (χ4n) is 3.84. The standard InChI is InChI=1S/C27H32N2O4/c30-26(31)22-28-16-18-32-20-21-33-19-17-29-27(23-10-4-1-5-11-23,24-12-6-2-7-13-24)25-14-8-3-9-15-25/h1-15,28-29H,16-22H2,(H,30,31). The topological polar surface area (TPSA) is 79.8 Å². The maximum atomic E-state index is 10.4. The van der Waals surface area contributed by atoms with Crippen LogP contribution in [0.25, 0.3) is 0 Å². The molecule has 0 aliphatic heterocycles. The van der Waals surface area contributed by atoms with E-state index >= 15 is 0 Å². The minimum atomic E-state index is -0.872. The second kappa shape index (κ2) is 13.5. The van der Waals surface area contributed by atoms with E-state index in [9.17, 15) is 4.79 Å². The van der Waals surface area contributed by atoms with Crippen molar-refractivity contribution < 1.29 is 19.4 Å². The number of hydrogen-bond donors (Lipinski definition) is 3. The van der Waals surface area contributed by atoms with Crippen molar-refractivity contribution in [3.05, 3.63) is 108 Å². The van der Waals surface area contributed by atoms with Crippen LogP contribution in [-0.2, 0) is 19.8 Å². The van der Waals surface area contributed by atoms with E-state index in [-0.39, 0.29) is 6.54 Å². The summed E-state index contributed by atoms with van der Waals surface area (Å²) in [7, 11) is 0. The highest BCUT2D eigenvalue weighted by atomic mass is 16.5. The van der Waals surface area contributed by atoms with Crippen LogP contribution in [0, 0.1) is 0 Å². The van der Waals surface area contributed by atoms with Gasteiger partial charge >= 0.3 is 5.97 Å². The molecule has 0 heterocycles. The Bertz CT molecular complexity index is 839. The molecule has 6 heteroatoms. The fraction of sp³-hybridized carbons (Fsp3) is 0.296. The molecule has 0 spiro atoms. The van der Waals surface area contributed by atoms with Crippen molar-refractivity contribution >= 4 is 5.97 Å². The highest BCUT2D eigenvalue weighted by molar-refractivity contribution is 5.68. The molecule has 33 heavy (non-hydrogen) atoms. The van der Waals surface area contributed by atoms with E-state index in [1.165, 1.54) is 16.7 Å². The Kier molecular flexibility index (Phi) is 10.1. The molecule has 0 unspecified atom stereocenters. The molecular weight excluding hydrogens is 416 g/mol. The zero-order valence-corrected chi connectivity index (χ0v) is 18.8. The van der Waals surface area contributed by atoms with Gasteiger partial charge in [0.25, 0.3) is 0 Å². The number of carbonyl (C=O) groups is 1. The first-order chi connectivity index (χ1) is 16.2. The van der Waals surface area contributed by atoms with Crippen molar-refractivity contribution in [2.45, 2.75) is 5.54 Å². The van der Waals surface area contributed by atoms with E-state index in [0.29, 0.717) is 39.5 Å². The lowest BCUT2D eigenvalue weighted by molar-refractivity contribution is -0.136. The van der Waals surface area contributed by atoms with Gasteiger partial charge in [-0.2, -0.15) is 0 Å². The van der Waals surface area contributed by atoms with Gasteiger partial charge in [-0.25, -0.2) is 0 Å². The van der Waals surface area contributed by atoms with Crippen LogP contribution < -0.4 is 10.6 Å². The molecule has 174 valence electrons. The lowest BCUT2D eigenvalue weighted by Crippen LogP contribution is -2.46. The number of ether oxygens (including phenoxy) is 2. The molecule has 0 radical (unpaired) electrons. The highest BCUT2D eigenvalue weighted by Gasteiger charge is 2.35. The molecule has 0 aromatic heterocycles. The molecule has 0 saturated heterocycles. The number of carboxylic acids is 1. The van der Waals surface area contributed by atoms with Gasteiger partial charge in [-0.1, -0.05) is 91.0 Å². The molecule has 0 fully saturated rings. The average molecular weight is 449 g/mol. The Morgan fingerprint density at radius 1 is 0.667 bits per heavy atom. The van der Waals surface area contributed by atoms with E-state index in [1.807, 2.05) is 18.2 Å². The molecule has 0 saturated carbocycles. The summed E-state index contributed by atoms with van der Waals surface area (Å²) in [6, 6.07) is 31.4. The van der Waals surface area contributed by atoms with Crippen molar-refractivity contribution in [3.63, 3.8) is 0 Å². The molecule has 0 atom stereocenters. The first-order valence-electron chi connectivity index (χ1n) is 11.2. The van der Waals surface area contributed by atoms with Crippen LogP contribution in [0.5, 0.6) is 0 Å². The average Bonchev–Trinajstić information content (AvgIpc) is 2.86. The van der Waals surface area contributed by atoms with Gasteiger partial charge in [-0.05, 0) is 16.7 Å². The predicted octanol–water partition coefficient (Wildman–Crippen LogP) is 3.28. The van der Waals surface area contributed by atoms with Crippen molar-refractivity contribution in [2.24, 2.45) is 0 Å². The number of carboxylic acid groups (broad SMARTS) is 1. The molecule has 3 rings (SSSR count). The second-order valence-electron chi connectivity index (χ2n) is 7.57. The van der Waals surface area contributed by atoms with Crippen molar-refractivity contribution in [3.8, 4) is 0 Å². The highest BCUT2D eigenvalue weighted by Crippen LogP contribution is 2.36. The van der Waals surface area contributed by atoms with E-state index < -0.39 is 11.5 Å². The smallest absolute Gasteiger partial charge is 0.317 e. The number of hydrogen-bond acceptors (Lipinski definition) is 5. The van der Waals surface area contributed by atoms with Gasteiger partial charge in [-0.15, -0.1) is 0 Å². The normalized spacial score (nSPS) is 11.4. The largest absolute Gasteiger partial charge is 0.480 e. The van der Waals surface area contributed by atoms with Gasteiger partial charge in [0.2, 0.25) is 0 Å². The molecule has 0 aliphatic carbocycles. The van der Waals surface area contributed by atoms with Crippen LogP contribution in [0.2, 0.25) is 0 Å². The maximum Gasteiger partial charge on any atom is 0.317 e. The maximum absolute atomic E-state index is 10.4. The Morgan fingerprint density at radius 2 is 1.09 bits per heavy atom. The molecule has 6 nitrogen and oxygen atoms in total. The van der Waals surface area contributed by atoms with E-state index in [2.05, 4.69) is 83.4 Å². The predicted molar refractivity (Wildman–Crippen MR) is 129 cm³/mol. The Morgan fingerprint density at radius 3 is 1.52 bits per heavy atom. The first kappa shape index (κ1) is 24.6. The van der Waals surface area contributed by atoms with E-state index in [0.717, 1.165) is 0 Å². The van der Waals surface area contributed by atoms with Gasteiger partial charge in [0.1, 0.15) is 0 Å². The summed E-state index contributed by atoms with van der Waals surface area (Å²) in [5, 5.41) is 15.1. The Labute approximate surface area is 195 Å². The van der Waals surface area contributed by atoms with Gasteiger partial charge in [0.05, 0.1) is 38.5 Å². The van der Waals surface area contributed by atoms with Gasteiger partial charge in [0.15, 0.2) is 0 Å². The first-order valence-corrected chi connectivity index (χ1v) is 11.2. The van der Waals surface area contributed by atoms with Crippen LogP contribution in [0.3, 0.4) is 0 Å². The zero-order valence-electron chi connectivity index (χ0n) is 18.8. The van der Waals surface area contributed by atoms with Crippen LogP contribution in [0.15, 0.2) is 91.0 Å². The summed E-state index contributed by atoms with van der Waals surface area (Å²) in [5.74, 6) is -0.872. The number of aliphatic carboxylic acids is 1. The van der Waals surface area contributed by atoms with E-state index in [4.69, 9.17) is 14.6 Å². The minimum absolute atomic E-state index is 0.0580. The Balaban J connectivity index is 1.60. The van der Waals surface area contributed by atoms with Crippen LogP contribution >= 0.6 is 0 Å². The summed E-state index contributed by atoms with van der Waals surface area (Å²) in [5.41, 5.74) is 3.00. The summed E-state index contributed by atoms with van der Waals surface area (Å²) in [6.07, 6.45) is 0. The lowest BCUT2D eigenvalue weighted by Gasteiger charge is -2.37. The molecule has 0 bridgehead atoms. The molecule has 3 N–H and O–H groups in total. The third-order valence-electron chi connectivity index (χ3n) is 5.33. The monoisotopic (exact) mass is 448 g/mol. The fourth-order valence-corrected chi connectivity index (χ4v) is 3.84. The lowest BCUT2D eigenvalue weighted by atomic mass is 9.77. The third kappa shape index (κ3) is 7.23. The Hall–Kier alpha value is -3.03. The number of rotatable bonds is 15. The summed E-state index contributed by atoms with van der Waals surface area (Å²) in [6.45, 7) is 3.03. The SMILES string of the molecule is O=C(O)CNCCOCCOCCNC(c1ccccc1)(c1ccccc1)c1ccccc1. The summed E-state index contributed by atoms with van der Waals surface area (Å²) >= 11 is 0. The van der Waals surface area contributed by atoms with Crippen molar-refractivity contribution in [2.75, 3.05) is 46.1 Å². The van der Waals surface area contributed by atoms with Crippen LogP contribution in [-0.4, -0.2) is 57.1 Å². The van der Waals surface area contributed by atoms with Gasteiger partial charge in [0, 0.05) is 13.1 Å². The third-order valence-corrected chi connectivity index (χ3v) is 5.33. The molecule has 0 aliphatic rings. The second-order valence-corrected chi connectivity index (χ2v) is 7.57. The quantitative estimate of drug-likeness (QED) is 0.245. The molecule has 3 aromatic carbocycles. The summed E-state index contributed by atoms with van der Waals surface area (Å²) < 4.78 is 11.2. The molecule has 0 amide bonds. The number of nitrogens with one attached hydrogen (secondary N) is 2. The van der Waals surface area contributed by atoms with Crippen LogP contribution in [0.4, 0.5) is 0 Å².